The van der Waals surface area contributed by atoms with E-state index in [0.29, 0.717) is 17.0 Å². The lowest BCUT2D eigenvalue weighted by molar-refractivity contribution is -0.121. The minimum atomic E-state index is -0.782. The molecule has 1 unspecified atom stereocenters. The van der Waals surface area contributed by atoms with Crippen LogP contribution in [0.5, 0.6) is 0 Å². The molecule has 22 heavy (non-hydrogen) atoms. The van der Waals surface area contributed by atoms with Gasteiger partial charge >= 0.3 is 0 Å². The molecule has 5 heteroatoms. The lowest BCUT2D eigenvalue weighted by atomic mass is 10.1. The molecule has 0 spiro atoms. The van der Waals surface area contributed by atoms with E-state index in [0.717, 1.165) is 5.56 Å². The molecule has 0 fully saturated rings. The molecule has 0 radical (unpaired) electrons. The van der Waals surface area contributed by atoms with Gasteiger partial charge in [-0.05, 0) is 41.8 Å². The first kappa shape index (κ1) is 16.5. The number of aliphatic hydroxyl groups excluding tert-OH is 1. The molecule has 0 aromatic heterocycles. The van der Waals surface area contributed by atoms with E-state index in [4.69, 9.17) is 11.6 Å². The van der Waals surface area contributed by atoms with Gasteiger partial charge in [-0.15, -0.1) is 0 Å². The fourth-order valence-electron chi connectivity index (χ4n) is 2.05. The Bertz CT molecular complexity index is 631. The van der Waals surface area contributed by atoms with Crippen LogP contribution in [0.15, 0.2) is 48.5 Å². The minimum Gasteiger partial charge on any atom is -0.387 e. The van der Waals surface area contributed by atoms with Crippen LogP contribution in [0.4, 0.5) is 4.39 Å². The first-order valence-corrected chi connectivity index (χ1v) is 7.37. The van der Waals surface area contributed by atoms with E-state index in [2.05, 4.69) is 5.32 Å². The molecule has 1 atom stereocenters. The zero-order chi connectivity index (χ0) is 15.9. The van der Waals surface area contributed by atoms with Gasteiger partial charge in [0.1, 0.15) is 5.82 Å². The Labute approximate surface area is 133 Å². The molecule has 0 saturated carbocycles. The maximum Gasteiger partial charge on any atom is 0.220 e. The molecule has 0 aliphatic heterocycles. The van der Waals surface area contributed by atoms with Crippen molar-refractivity contribution in [1.82, 2.24) is 5.32 Å². The molecule has 0 saturated heterocycles. The molecule has 0 aliphatic carbocycles. The molecule has 0 bridgehead atoms. The lowest BCUT2D eigenvalue weighted by Gasteiger charge is -2.12. The van der Waals surface area contributed by atoms with Crippen LogP contribution in [0, 0.1) is 5.82 Å². The first-order valence-electron chi connectivity index (χ1n) is 6.99. The summed E-state index contributed by atoms with van der Waals surface area (Å²) in [5.74, 6) is -0.492. The Morgan fingerprint density at radius 1 is 1.23 bits per heavy atom. The minimum absolute atomic E-state index is 0.129. The SMILES string of the molecule is O=C(CCc1cccc(F)c1)NCC(O)c1ccc(Cl)cc1. The molecular formula is C17H17ClFNO2. The summed E-state index contributed by atoms with van der Waals surface area (Å²) in [6, 6.07) is 13.0. The van der Waals surface area contributed by atoms with Gasteiger partial charge in [0, 0.05) is 18.0 Å². The van der Waals surface area contributed by atoms with E-state index in [1.54, 1.807) is 36.4 Å². The number of benzene rings is 2. The summed E-state index contributed by atoms with van der Waals surface area (Å²) in [7, 11) is 0. The van der Waals surface area contributed by atoms with Crippen molar-refractivity contribution in [2.75, 3.05) is 6.54 Å². The third kappa shape index (κ3) is 5.13. The Morgan fingerprint density at radius 3 is 2.64 bits per heavy atom. The topological polar surface area (TPSA) is 49.3 Å². The molecule has 2 N–H and O–H groups in total. The van der Waals surface area contributed by atoms with Crippen molar-refractivity contribution in [1.29, 1.82) is 0 Å². The van der Waals surface area contributed by atoms with Crippen LogP contribution < -0.4 is 5.32 Å². The van der Waals surface area contributed by atoms with Crippen molar-refractivity contribution < 1.29 is 14.3 Å². The van der Waals surface area contributed by atoms with Crippen molar-refractivity contribution in [3.63, 3.8) is 0 Å². The number of hydrogen-bond acceptors (Lipinski definition) is 2. The van der Waals surface area contributed by atoms with Crippen molar-refractivity contribution in [2.24, 2.45) is 0 Å². The molecule has 0 heterocycles. The van der Waals surface area contributed by atoms with E-state index in [-0.39, 0.29) is 24.7 Å². The normalized spacial score (nSPS) is 12.0. The summed E-state index contributed by atoms with van der Waals surface area (Å²) in [6.07, 6.45) is -0.0763. The Morgan fingerprint density at radius 2 is 1.95 bits per heavy atom. The zero-order valence-electron chi connectivity index (χ0n) is 11.9. The second-order valence-corrected chi connectivity index (χ2v) is 5.44. The molecule has 116 valence electrons. The van der Waals surface area contributed by atoms with Crippen LogP contribution in [-0.2, 0) is 11.2 Å². The highest BCUT2D eigenvalue weighted by atomic mass is 35.5. The summed E-state index contributed by atoms with van der Waals surface area (Å²) >= 11 is 5.78. The van der Waals surface area contributed by atoms with Gasteiger partial charge in [-0.25, -0.2) is 4.39 Å². The molecule has 0 aliphatic rings. The van der Waals surface area contributed by atoms with Crippen molar-refractivity contribution in [3.8, 4) is 0 Å². The number of hydrogen-bond donors (Lipinski definition) is 2. The molecule has 1 amide bonds. The summed E-state index contributed by atoms with van der Waals surface area (Å²) in [5, 5.41) is 13.2. The average molecular weight is 322 g/mol. The third-order valence-electron chi connectivity index (χ3n) is 3.28. The van der Waals surface area contributed by atoms with Gasteiger partial charge in [0.15, 0.2) is 0 Å². The fraction of sp³-hybridized carbons (Fsp3) is 0.235. The predicted molar refractivity (Wildman–Crippen MR) is 84.1 cm³/mol. The Balaban J connectivity index is 1.76. The maximum absolute atomic E-state index is 13.0. The monoisotopic (exact) mass is 321 g/mol. The number of amides is 1. The number of nitrogens with one attached hydrogen (secondary N) is 1. The summed E-state index contributed by atoms with van der Waals surface area (Å²) in [5.41, 5.74) is 1.46. The van der Waals surface area contributed by atoms with Crippen LogP contribution in [0.3, 0.4) is 0 Å². The summed E-state index contributed by atoms with van der Waals surface area (Å²) in [4.78, 5) is 11.8. The second kappa shape index (κ2) is 7.92. The highest BCUT2D eigenvalue weighted by Crippen LogP contribution is 2.15. The standard InChI is InChI=1S/C17H17ClFNO2/c18-14-7-5-13(6-8-14)16(21)11-20-17(22)9-4-12-2-1-3-15(19)10-12/h1-3,5-8,10,16,21H,4,9,11H2,(H,20,22). The smallest absolute Gasteiger partial charge is 0.220 e. The number of aliphatic hydroxyl groups is 1. The van der Waals surface area contributed by atoms with Crippen molar-refractivity contribution in [2.45, 2.75) is 18.9 Å². The van der Waals surface area contributed by atoms with Gasteiger partial charge in [0.2, 0.25) is 5.91 Å². The van der Waals surface area contributed by atoms with Gasteiger partial charge in [-0.1, -0.05) is 35.9 Å². The van der Waals surface area contributed by atoms with Crippen LogP contribution in [-0.4, -0.2) is 17.6 Å². The fourth-order valence-corrected chi connectivity index (χ4v) is 2.18. The molecular weight excluding hydrogens is 305 g/mol. The molecule has 2 rings (SSSR count). The second-order valence-electron chi connectivity index (χ2n) is 5.00. The van der Waals surface area contributed by atoms with E-state index in [1.807, 2.05) is 0 Å². The molecule has 3 nitrogen and oxygen atoms in total. The molecule has 2 aromatic carbocycles. The first-order chi connectivity index (χ1) is 10.5. The number of carbonyl (C=O) groups excluding carboxylic acids is 1. The Hall–Kier alpha value is -1.91. The predicted octanol–water partition coefficient (Wildman–Crippen LogP) is 3.26. The highest BCUT2D eigenvalue weighted by molar-refractivity contribution is 6.30. The number of rotatable bonds is 6. The largest absolute Gasteiger partial charge is 0.387 e. The van der Waals surface area contributed by atoms with Gasteiger partial charge in [0.05, 0.1) is 6.10 Å². The van der Waals surface area contributed by atoms with Gasteiger partial charge in [-0.3, -0.25) is 4.79 Å². The van der Waals surface area contributed by atoms with Crippen molar-refractivity contribution in [3.05, 3.63) is 70.5 Å². The summed E-state index contributed by atoms with van der Waals surface area (Å²) < 4.78 is 13.0. The quantitative estimate of drug-likeness (QED) is 0.858. The van der Waals surface area contributed by atoms with Gasteiger partial charge < -0.3 is 10.4 Å². The summed E-state index contributed by atoms with van der Waals surface area (Å²) in [6.45, 7) is 0.129. The van der Waals surface area contributed by atoms with E-state index < -0.39 is 6.10 Å². The average Bonchev–Trinajstić information content (AvgIpc) is 2.51. The lowest BCUT2D eigenvalue weighted by Crippen LogP contribution is -2.28. The third-order valence-corrected chi connectivity index (χ3v) is 3.53. The van der Waals surface area contributed by atoms with E-state index in [1.165, 1.54) is 12.1 Å². The van der Waals surface area contributed by atoms with E-state index in [9.17, 15) is 14.3 Å². The number of aryl methyl sites for hydroxylation is 1. The van der Waals surface area contributed by atoms with Crippen LogP contribution in [0.1, 0.15) is 23.7 Å². The maximum atomic E-state index is 13.0. The van der Waals surface area contributed by atoms with Crippen LogP contribution >= 0.6 is 11.6 Å². The number of carbonyl (C=O) groups is 1. The number of halogens is 2. The van der Waals surface area contributed by atoms with Gasteiger partial charge in [0.25, 0.3) is 0 Å². The highest BCUT2D eigenvalue weighted by Gasteiger charge is 2.09. The molecule has 2 aromatic rings. The Kier molecular flexibility index (Phi) is 5.92. The van der Waals surface area contributed by atoms with Crippen LogP contribution in [0.2, 0.25) is 5.02 Å². The van der Waals surface area contributed by atoms with Gasteiger partial charge in [-0.2, -0.15) is 0 Å². The van der Waals surface area contributed by atoms with Crippen LogP contribution in [0.25, 0.3) is 0 Å². The zero-order valence-corrected chi connectivity index (χ0v) is 12.7. The van der Waals surface area contributed by atoms with Crippen molar-refractivity contribution >= 4 is 17.5 Å². The van der Waals surface area contributed by atoms with E-state index >= 15 is 0 Å².